The molecule has 0 radical (unpaired) electrons. The molecule has 0 bridgehead atoms. The fourth-order valence-corrected chi connectivity index (χ4v) is 4.63. The minimum atomic E-state index is -3.79. The fraction of sp³-hybridized carbons (Fsp3) is 0. The van der Waals surface area contributed by atoms with E-state index in [9.17, 15) is 12.8 Å². The zero-order valence-corrected chi connectivity index (χ0v) is 13.0. The Kier molecular flexibility index (Phi) is 3.25. The number of halogens is 2. The lowest BCUT2D eigenvalue weighted by molar-refractivity contribution is 0.587. The lowest BCUT2D eigenvalue weighted by Crippen LogP contribution is -2.14. The Morgan fingerprint density at radius 1 is 1.15 bits per heavy atom. The van der Waals surface area contributed by atoms with Crippen molar-refractivity contribution >= 4 is 43.6 Å². The third kappa shape index (κ3) is 2.01. The van der Waals surface area contributed by atoms with Gasteiger partial charge < -0.3 is 0 Å². The molecule has 0 spiro atoms. The molecule has 0 aliphatic rings. The van der Waals surface area contributed by atoms with Crippen molar-refractivity contribution in [2.75, 3.05) is 0 Å². The van der Waals surface area contributed by atoms with Crippen LogP contribution in [0.25, 0.3) is 11.0 Å². The second-order valence-corrected chi connectivity index (χ2v) is 6.97. The Bertz CT molecular complexity index is 891. The van der Waals surface area contributed by atoms with Crippen LogP contribution < -0.4 is 0 Å². The van der Waals surface area contributed by atoms with Crippen LogP contribution in [0.4, 0.5) is 4.39 Å². The zero-order chi connectivity index (χ0) is 14.3. The molecular formula is C13H8FIN2O2S. The highest BCUT2D eigenvalue weighted by atomic mass is 127. The SMILES string of the molecule is O=S(=O)(c1ccccc1)n1c(I)cc2c(F)ccnc21. The predicted octanol–water partition coefficient (Wildman–Crippen LogP) is 3.02. The minimum absolute atomic E-state index is 0.0956. The molecular weight excluding hydrogens is 394 g/mol. The molecule has 0 fully saturated rings. The van der Waals surface area contributed by atoms with Crippen LogP contribution in [0.1, 0.15) is 0 Å². The number of fused-ring (bicyclic) bond motifs is 1. The van der Waals surface area contributed by atoms with E-state index in [-0.39, 0.29) is 15.9 Å². The lowest BCUT2D eigenvalue weighted by Gasteiger charge is -2.08. The molecule has 3 aromatic rings. The number of rotatable bonds is 2. The van der Waals surface area contributed by atoms with E-state index in [1.165, 1.54) is 30.5 Å². The van der Waals surface area contributed by atoms with Gasteiger partial charge in [0, 0.05) is 6.20 Å². The Morgan fingerprint density at radius 3 is 2.55 bits per heavy atom. The van der Waals surface area contributed by atoms with Crippen molar-refractivity contribution in [3.63, 3.8) is 0 Å². The summed E-state index contributed by atoms with van der Waals surface area (Å²) in [5, 5.41) is 0.191. The van der Waals surface area contributed by atoms with E-state index in [1.807, 2.05) is 22.6 Å². The third-order valence-electron chi connectivity index (χ3n) is 2.85. The summed E-state index contributed by atoms with van der Waals surface area (Å²) in [6.07, 6.45) is 1.25. The largest absolute Gasteiger partial charge is 0.270 e. The van der Waals surface area contributed by atoms with Crippen LogP contribution in [-0.2, 0) is 10.0 Å². The van der Waals surface area contributed by atoms with Crippen molar-refractivity contribution in [3.05, 3.63) is 58.2 Å². The molecule has 102 valence electrons. The van der Waals surface area contributed by atoms with Crippen LogP contribution in [0, 0.1) is 9.52 Å². The number of aromatic nitrogens is 2. The molecule has 0 amide bonds. The predicted molar refractivity (Wildman–Crippen MR) is 81.4 cm³/mol. The van der Waals surface area contributed by atoms with Gasteiger partial charge in [0.2, 0.25) is 0 Å². The summed E-state index contributed by atoms with van der Waals surface area (Å²) < 4.78 is 40.4. The van der Waals surface area contributed by atoms with E-state index in [0.29, 0.717) is 3.70 Å². The van der Waals surface area contributed by atoms with Gasteiger partial charge in [0.15, 0.2) is 5.65 Å². The van der Waals surface area contributed by atoms with Crippen LogP contribution in [0.5, 0.6) is 0 Å². The molecule has 1 aromatic carbocycles. The summed E-state index contributed by atoms with van der Waals surface area (Å²) in [6.45, 7) is 0. The summed E-state index contributed by atoms with van der Waals surface area (Å²) in [5.74, 6) is -0.491. The van der Waals surface area contributed by atoms with Crippen molar-refractivity contribution in [3.8, 4) is 0 Å². The number of hydrogen-bond acceptors (Lipinski definition) is 3. The van der Waals surface area contributed by atoms with Crippen molar-refractivity contribution in [1.82, 2.24) is 8.96 Å². The Labute approximate surface area is 128 Å². The fourth-order valence-electron chi connectivity index (χ4n) is 1.94. The van der Waals surface area contributed by atoms with Crippen molar-refractivity contribution < 1.29 is 12.8 Å². The number of nitrogens with zero attached hydrogens (tertiary/aromatic N) is 2. The average molecular weight is 402 g/mol. The first-order chi connectivity index (χ1) is 9.51. The van der Waals surface area contributed by atoms with Crippen LogP contribution in [0.15, 0.2) is 53.6 Å². The van der Waals surface area contributed by atoms with Crippen LogP contribution in [-0.4, -0.2) is 17.4 Å². The average Bonchev–Trinajstić information content (AvgIpc) is 2.78. The van der Waals surface area contributed by atoms with Crippen molar-refractivity contribution in [2.45, 2.75) is 4.90 Å². The summed E-state index contributed by atoms with van der Waals surface area (Å²) >= 11 is 1.86. The van der Waals surface area contributed by atoms with Gasteiger partial charge in [0.1, 0.15) is 5.82 Å². The first-order valence-electron chi connectivity index (χ1n) is 5.64. The van der Waals surface area contributed by atoms with Gasteiger partial charge in [-0.2, -0.15) is 0 Å². The van der Waals surface area contributed by atoms with E-state index >= 15 is 0 Å². The molecule has 0 unspecified atom stereocenters. The van der Waals surface area contributed by atoms with E-state index < -0.39 is 15.8 Å². The molecule has 7 heteroatoms. The van der Waals surface area contributed by atoms with Gasteiger partial charge in [-0.15, -0.1) is 0 Å². The molecule has 0 N–H and O–H groups in total. The van der Waals surface area contributed by atoms with E-state index in [2.05, 4.69) is 4.98 Å². The lowest BCUT2D eigenvalue weighted by atomic mass is 10.3. The van der Waals surface area contributed by atoms with Gasteiger partial charge in [-0.05, 0) is 46.9 Å². The maximum atomic E-state index is 13.7. The second kappa shape index (κ2) is 4.81. The van der Waals surface area contributed by atoms with Gasteiger partial charge in [0.25, 0.3) is 10.0 Å². The molecule has 0 aliphatic carbocycles. The molecule has 0 atom stereocenters. The van der Waals surface area contributed by atoms with E-state index in [1.54, 1.807) is 18.2 Å². The van der Waals surface area contributed by atoms with Gasteiger partial charge in [0.05, 0.1) is 14.0 Å². The van der Waals surface area contributed by atoms with E-state index in [0.717, 1.165) is 3.97 Å². The van der Waals surface area contributed by atoms with Gasteiger partial charge in [-0.25, -0.2) is 21.8 Å². The molecule has 4 nitrogen and oxygen atoms in total. The molecule has 20 heavy (non-hydrogen) atoms. The Balaban J connectivity index is 2.36. The normalized spacial score (nSPS) is 11.9. The highest BCUT2D eigenvalue weighted by Crippen LogP contribution is 2.26. The molecule has 0 saturated carbocycles. The summed E-state index contributed by atoms with van der Waals surface area (Å²) in [4.78, 5) is 4.13. The Hall–Kier alpha value is -1.48. The van der Waals surface area contributed by atoms with Gasteiger partial charge >= 0.3 is 0 Å². The zero-order valence-electron chi connectivity index (χ0n) is 9.99. The van der Waals surface area contributed by atoms with Gasteiger partial charge in [-0.1, -0.05) is 18.2 Å². The van der Waals surface area contributed by atoms with Crippen LogP contribution >= 0.6 is 22.6 Å². The van der Waals surface area contributed by atoms with E-state index in [4.69, 9.17) is 0 Å². The molecule has 0 aliphatic heterocycles. The molecule has 2 heterocycles. The first kappa shape index (κ1) is 13.5. The molecule has 0 saturated heterocycles. The van der Waals surface area contributed by atoms with Crippen molar-refractivity contribution in [2.24, 2.45) is 0 Å². The molecule has 2 aromatic heterocycles. The second-order valence-electron chi connectivity index (χ2n) is 4.08. The highest BCUT2D eigenvalue weighted by Gasteiger charge is 2.23. The maximum absolute atomic E-state index is 13.7. The Morgan fingerprint density at radius 2 is 1.85 bits per heavy atom. The maximum Gasteiger partial charge on any atom is 0.270 e. The smallest absolute Gasteiger partial charge is 0.237 e. The third-order valence-corrected chi connectivity index (χ3v) is 5.69. The van der Waals surface area contributed by atoms with Crippen LogP contribution in [0.3, 0.4) is 0 Å². The van der Waals surface area contributed by atoms with Crippen molar-refractivity contribution in [1.29, 1.82) is 0 Å². The standard InChI is InChI=1S/C13H8FIN2O2S/c14-11-6-7-16-13-10(11)8-12(15)17(13)20(18,19)9-4-2-1-3-5-9/h1-8H. The number of pyridine rings is 1. The van der Waals surface area contributed by atoms with Crippen LogP contribution in [0.2, 0.25) is 0 Å². The molecule has 3 rings (SSSR count). The summed E-state index contributed by atoms with van der Waals surface area (Å²) in [7, 11) is -3.79. The minimum Gasteiger partial charge on any atom is -0.237 e. The van der Waals surface area contributed by atoms with Gasteiger partial charge in [-0.3, -0.25) is 0 Å². The topological polar surface area (TPSA) is 52.0 Å². The quantitative estimate of drug-likeness (QED) is 0.620. The monoisotopic (exact) mass is 402 g/mol. The number of hydrogen-bond donors (Lipinski definition) is 0. The highest BCUT2D eigenvalue weighted by molar-refractivity contribution is 14.1. The summed E-state index contributed by atoms with van der Waals surface area (Å²) in [6, 6.07) is 10.7. The first-order valence-corrected chi connectivity index (χ1v) is 8.16. The summed E-state index contributed by atoms with van der Waals surface area (Å²) in [5.41, 5.74) is 0.0956. The number of benzene rings is 1.